The Morgan fingerprint density at radius 3 is 2.80 bits per heavy atom. The molecule has 1 heterocycles. The van der Waals surface area contributed by atoms with Gasteiger partial charge in [-0.05, 0) is 45.2 Å². The van der Waals surface area contributed by atoms with Crippen molar-refractivity contribution in [3.8, 4) is 0 Å². The van der Waals surface area contributed by atoms with Crippen LogP contribution in [0.2, 0.25) is 0 Å². The molecule has 0 radical (unpaired) electrons. The first kappa shape index (κ1) is 15.5. The maximum absolute atomic E-state index is 12.2. The highest BCUT2D eigenvalue weighted by molar-refractivity contribution is 5.82. The molecule has 114 valence electrons. The first-order chi connectivity index (χ1) is 9.72. The van der Waals surface area contributed by atoms with Gasteiger partial charge in [0.15, 0.2) is 0 Å². The Bertz CT molecular complexity index is 343. The molecule has 0 aromatic heterocycles. The van der Waals surface area contributed by atoms with Crippen LogP contribution in [0.4, 0.5) is 0 Å². The summed E-state index contributed by atoms with van der Waals surface area (Å²) in [5, 5.41) is 2.67. The lowest BCUT2D eigenvalue weighted by Gasteiger charge is -2.41. The molecular weight excluding hydrogens is 252 g/mol. The number of carbonyl (C=O) groups is 2. The van der Waals surface area contributed by atoms with E-state index in [-0.39, 0.29) is 11.8 Å². The van der Waals surface area contributed by atoms with Gasteiger partial charge in [0, 0.05) is 31.8 Å². The van der Waals surface area contributed by atoms with Gasteiger partial charge in [0.25, 0.3) is 0 Å². The summed E-state index contributed by atoms with van der Waals surface area (Å²) in [7, 11) is 1.69. The summed E-state index contributed by atoms with van der Waals surface area (Å²) in [6, 6.07) is 0.446. The summed E-state index contributed by atoms with van der Waals surface area (Å²) in [5.41, 5.74) is 0. The Kier molecular flexibility index (Phi) is 6.02. The standard InChI is InChI=1S/C16H28N2O2/c1-17-16(20)10-6-12-18-11-5-4-8-14(18)13-7-2-3-9-15(13)19/h13-14H,2-12H2,1H3,(H,17,20). The number of nitrogens with one attached hydrogen (secondary N) is 1. The fraction of sp³-hybridized carbons (Fsp3) is 0.875. The number of rotatable bonds is 5. The Balaban J connectivity index is 1.87. The number of ketones is 1. The highest BCUT2D eigenvalue weighted by Crippen LogP contribution is 2.31. The number of likely N-dealkylation sites (tertiary alicyclic amines) is 1. The number of amides is 1. The summed E-state index contributed by atoms with van der Waals surface area (Å²) in [5.74, 6) is 0.871. The molecule has 2 aliphatic rings. The molecule has 1 saturated heterocycles. The van der Waals surface area contributed by atoms with E-state index < -0.39 is 0 Å². The van der Waals surface area contributed by atoms with Gasteiger partial charge in [-0.25, -0.2) is 0 Å². The number of piperidine rings is 1. The summed E-state index contributed by atoms with van der Waals surface area (Å²) in [6.45, 7) is 2.06. The minimum absolute atomic E-state index is 0.118. The third-order valence-corrected chi connectivity index (χ3v) is 4.86. The van der Waals surface area contributed by atoms with Crippen molar-refractivity contribution < 1.29 is 9.59 Å². The molecule has 1 saturated carbocycles. The van der Waals surface area contributed by atoms with Crippen LogP contribution < -0.4 is 5.32 Å². The van der Waals surface area contributed by atoms with Crippen LogP contribution in [0, 0.1) is 5.92 Å². The van der Waals surface area contributed by atoms with Gasteiger partial charge in [0.05, 0.1) is 0 Å². The fourth-order valence-corrected chi connectivity index (χ4v) is 3.73. The smallest absolute Gasteiger partial charge is 0.219 e. The fourth-order valence-electron chi connectivity index (χ4n) is 3.73. The molecule has 2 fully saturated rings. The third-order valence-electron chi connectivity index (χ3n) is 4.86. The molecule has 2 rings (SSSR count). The molecule has 1 aliphatic heterocycles. The van der Waals surface area contributed by atoms with Crippen LogP contribution in [0.1, 0.15) is 57.8 Å². The monoisotopic (exact) mass is 280 g/mol. The Morgan fingerprint density at radius 1 is 1.25 bits per heavy atom. The second-order valence-electron chi connectivity index (χ2n) is 6.19. The van der Waals surface area contributed by atoms with E-state index in [9.17, 15) is 9.59 Å². The van der Waals surface area contributed by atoms with Crippen LogP contribution in [0.15, 0.2) is 0 Å². The highest BCUT2D eigenvalue weighted by Gasteiger charge is 2.34. The van der Waals surface area contributed by atoms with Crippen molar-refractivity contribution in [2.24, 2.45) is 5.92 Å². The van der Waals surface area contributed by atoms with E-state index in [0.717, 1.165) is 45.2 Å². The average molecular weight is 280 g/mol. The molecule has 1 amide bonds. The van der Waals surface area contributed by atoms with E-state index in [1.165, 1.54) is 19.3 Å². The number of carbonyl (C=O) groups excluding carboxylic acids is 2. The van der Waals surface area contributed by atoms with Gasteiger partial charge in [-0.15, -0.1) is 0 Å². The number of Topliss-reactive ketones (excluding diaryl/α,β-unsaturated/α-hetero) is 1. The quantitative estimate of drug-likeness (QED) is 0.839. The van der Waals surface area contributed by atoms with E-state index in [1.807, 2.05) is 0 Å². The van der Waals surface area contributed by atoms with Gasteiger partial charge in [0.1, 0.15) is 5.78 Å². The van der Waals surface area contributed by atoms with Crippen molar-refractivity contribution in [1.82, 2.24) is 10.2 Å². The SMILES string of the molecule is CNC(=O)CCCN1CCCCC1C1CCCCC1=O. The van der Waals surface area contributed by atoms with Crippen LogP contribution in [-0.2, 0) is 9.59 Å². The second-order valence-corrected chi connectivity index (χ2v) is 6.19. The van der Waals surface area contributed by atoms with E-state index >= 15 is 0 Å². The summed E-state index contributed by atoms with van der Waals surface area (Å²) in [6.07, 6.45) is 9.30. The van der Waals surface area contributed by atoms with Crippen molar-refractivity contribution in [1.29, 1.82) is 0 Å². The average Bonchev–Trinajstić information content (AvgIpc) is 2.48. The van der Waals surface area contributed by atoms with Crippen LogP contribution in [-0.4, -0.2) is 42.8 Å². The number of hydrogen-bond acceptors (Lipinski definition) is 3. The molecule has 4 heteroatoms. The normalized spacial score (nSPS) is 28.4. The summed E-state index contributed by atoms with van der Waals surface area (Å²) in [4.78, 5) is 26.0. The minimum atomic E-state index is 0.118. The summed E-state index contributed by atoms with van der Waals surface area (Å²) < 4.78 is 0. The van der Waals surface area contributed by atoms with Crippen molar-refractivity contribution in [2.75, 3.05) is 20.1 Å². The van der Waals surface area contributed by atoms with E-state index in [1.54, 1.807) is 7.05 Å². The molecule has 2 unspecified atom stereocenters. The third kappa shape index (κ3) is 4.05. The van der Waals surface area contributed by atoms with Crippen molar-refractivity contribution >= 4 is 11.7 Å². The van der Waals surface area contributed by atoms with Crippen molar-refractivity contribution in [2.45, 2.75) is 63.8 Å². The minimum Gasteiger partial charge on any atom is -0.359 e. The molecule has 1 aliphatic carbocycles. The zero-order valence-corrected chi connectivity index (χ0v) is 12.7. The van der Waals surface area contributed by atoms with Crippen LogP contribution >= 0.6 is 0 Å². The van der Waals surface area contributed by atoms with Crippen molar-refractivity contribution in [3.05, 3.63) is 0 Å². The van der Waals surface area contributed by atoms with E-state index in [0.29, 0.717) is 18.2 Å². The largest absolute Gasteiger partial charge is 0.359 e. The van der Waals surface area contributed by atoms with E-state index in [4.69, 9.17) is 0 Å². The second kappa shape index (κ2) is 7.77. The van der Waals surface area contributed by atoms with Gasteiger partial charge in [-0.3, -0.25) is 14.5 Å². The molecule has 0 aromatic carbocycles. The molecule has 0 aromatic rings. The molecule has 4 nitrogen and oxygen atoms in total. The van der Waals surface area contributed by atoms with Gasteiger partial charge < -0.3 is 5.32 Å². The predicted octanol–water partition coefficient (Wildman–Crippen LogP) is 2.13. The van der Waals surface area contributed by atoms with Gasteiger partial charge in [-0.1, -0.05) is 12.8 Å². The van der Waals surface area contributed by atoms with Crippen LogP contribution in [0.25, 0.3) is 0 Å². The first-order valence-corrected chi connectivity index (χ1v) is 8.19. The number of hydrogen-bond donors (Lipinski definition) is 1. The van der Waals surface area contributed by atoms with Crippen LogP contribution in [0.5, 0.6) is 0 Å². The Morgan fingerprint density at radius 2 is 2.05 bits per heavy atom. The Hall–Kier alpha value is -0.900. The molecule has 0 spiro atoms. The lowest BCUT2D eigenvalue weighted by Crippen LogP contribution is -2.47. The van der Waals surface area contributed by atoms with Crippen LogP contribution in [0.3, 0.4) is 0 Å². The zero-order valence-electron chi connectivity index (χ0n) is 12.7. The highest BCUT2D eigenvalue weighted by atomic mass is 16.1. The van der Waals surface area contributed by atoms with Gasteiger partial charge >= 0.3 is 0 Å². The van der Waals surface area contributed by atoms with Gasteiger partial charge in [0.2, 0.25) is 5.91 Å². The lowest BCUT2D eigenvalue weighted by atomic mass is 9.79. The zero-order chi connectivity index (χ0) is 14.4. The van der Waals surface area contributed by atoms with Crippen molar-refractivity contribution in [3.63, 3.8) is 0 Å². The predicted molar refractivity (Wildman–Crippen MR) is 79.5 cm³/mol. The lowest BCUT2D eigenvalue weighted by molar-refractivity contribution is -0.128. The maximum Gasteiger partial charge on any atom is 0.219 e. The molecule has 0 bridgehead atoms. The van der Waals surface area contributed by atoms with Gasteiger partial charge in [-0.2, -0.15) is 0 Å². The molecular formula is C16H28N2O2. The molecule has 1 N–H and O–H groups in total. The molecule has 2 atom stereocenters. The number of nitrogens with zero attached hydrogens (tertiary/aromatic N) is 1. The van der Waals surface area contributed by atoms with E-state index in [2.05, 4.69) is 10.2 Å². The summed E-state index contributed by atoms with van der Waals surface area (Å²) >= 11 is 0. The topological polar surface area (TPSA) is 49.4 Å². The molecule has 20 heavy (non-hydrogen) atoms. The Labute approximate surface area is 122 Å². The first-order valence-electron chi connectivity index (χ1n) is 8.19. The maximum atomic E-state index is 12.2.